The maximum Gasteiger partial charge on any atom is 0.460 e. The van der Waals surface area contributed by atoms with Crippen molar-refractivity contribution in [2.24, 2.45) is 0 Å². The average molecular weight is 1480 g/mol. The van der Waals surface area contributed by atoms with E-state index < -0.39 is 124 Å². The fourth-order valence-corrected chi connectivity index (χ4v) is 12.5. The van der Waals surface area contributed by atoms with Crippen molar-refractivity contribution in [2.75, 3.05) is 11.5 Å². The van der Waals surface area contributed by atoms with Crippen LogP contribution in [0.4, 0.5) is 114 Å². The van der Waals surface area contributed by atoms with Crippen molar-refractivity contribution in [1.82, 2.24) is 0 Å². The van der Waals surface area contributed by atoms with Crippen LogP contribution >= 0.6 is 23.5 Å². The maximum absolute atomic E-state index is 15.3. The Balaban J connectivity index is 1.57. The Morgan fingerprint density at radius 2 is 0.735 bits per heavy atom. The van der Waals surface area contributed by atoms with Crippen LogP contribution < -0.4 is 9.47 Å². The fourth-order valence-electron chi connectivity index (χ4n) is 9.86. The summed E-state index contributed by atoms with van der Waals surface area (Å²) in [6.07, 6.45) is -17.2. The summed E-state index contributed by atoms with van der Waals surface area (Å²) in [7, 11) is 0. The molecule has 0 heterocycles. The van der Waals surface area contributed by atoms with E-state index >= 15 is 17.6 Å². The Hall–Kier alpha value is -6.08. The minimum absolute atomic E-state index is 0.0597. The van der Waals surface area contributed by atoms with Crippen LogP contribution in [-0.2, 0) is 12.8 Å². The zero-order valence-corrected chi connectivity index (χ0v) is 54.1. The second-order valence-electron chi connectivity index (χ2n) is 23.2. The van der Waals surface area contributed by atoms with E-state index in [1.807, 2.05) is 6.92 Å². The first kappa shape index (κ1) is 82.6. The third-order valence-corrected chi connectivity index (χ3v) is 18.9. The predicted octanol–water partition coefficient (Wildman–Crippen LogP) is 23.7. The summed E-state index contributed by atoms with van der Waals surface area (Å²) in [6, 6.07) is 24.2. The summed E-state index contributed by atoms with van der Waals surface area (Å²) >= 11 is 0.494. The smallest absolute Gasteiger partial charge is 0.422 e. The lowest BCUT2D eigenvalue weighted by Gasteiger charge is -2.39. The van der Waals surface area contributed by atoms with Gasteiger partial charge in [0.1, 0.15) is 11.5 Å². The first-order valence-electron chi connectivity index (χ1n) is 30.1. The van der Waals surface area contributed by atoms with E-state index in [4.69, 9.17) is 9.47 Å². The highest BCUT2D eigenvalue weighted by atomic mass is 32.2. The van der Waals surface area contributed by atoms with Crippen LogP contribution in [0.15, 0.2) is 109 Å². The normalized spacial score (nSPS) is 15.0. The van der Waals surface area contributed by atoms with E-state index in [9.17, 15) is 106 Å². The Kier molecular flexibility index (Phi) is 26.1. The summed E-state index contributed by atoms with van der Waals surface area (Å²) in [4.78, 5) is 28.9. The minimum Gasteiger partial charge on any atom is -0.422 e. The molecule has 98 heavy (non-hydrogen) atoms. The number of unbranched alkanes of at least 4 members (excludes halogenated alkanes) is 2. The number of aryl methyl sites for hydroxylation is 2. The van der Waals surface area contributed by atoms with Crippen molar-refractivity contribution < 1.29 is 133 Å². The van der Waals surface area contributed by atoms with Gasteiger partial charge >= 0.3 is 83.5 Å². The molecule has 0 spiro atoms. The summed E-state index contributed by atoms with van der Waals surface area (Å²) in [5, 5.41) is -2.91. The van der Waals surface area contributed by atoms with Crippen LogP contribution in [0.1, 0.15) is 180 Å². The van der Waals surface area contributed by atoms with Crippen molar-refractivity contribution in [3.63, 3.8) is 0 Å². The molecule has 5 aromatic rings. The largest absolute Gasteiger partial charge is 0.460 e. The van der Waals surface area contributed by atoms with Crippen LogP contribution in [-0.4, -0.2) is 95.0 Å². The van der Waals surface area contributed by atoms with Crippen molar-refractivity contribution in [1.29, 1.82) is 0 Å². The molecule has 0 saturated heterocycles. The molecule has 4 nitrogen and oxygen atoms in total. The molecule has 5 rings (SSSR count). The molecule has 0 aromatic heterocycles. The van der Waals surface area contributed by atoms with E-state index in [-0.39, 0.29) is 91.9 Å². The second kappa shape index (κ2) is 31.0. The van der Waals surface area contributed by atoms with Crippen molar-refractivity contribution in [3.8, 4) is 11.5 Å². The SMILES string of the molecule is CCCCc1cc(CCCC)c(OC(=O)c2ccc(C(=O)Oc3c(C(C)CC)cc(C(C)CC)cc3C(SCCC(F)(F)C(F)(F)C(F)(F)C(F)(F)C(F)(F)C(F)(F)F)c3ccccc3)cc2)c(C(SCCC(F)(F)C(F)(F)C(F)(F)C(F)(F)C(F)(F)C(F)(F)F)c2ccccc2)c1. The van der Waals surface area contributed by atoms with Gasteiger partial charge in [-0.3, -0.25) is 0 Å². The molecule has 0 amide bonds. The number of carbonyl (C=O) groups excluding carboxylic acids is 2. The highest BCUT2D eigenvalue weighted by Gasteiger charge is 2.92. The number of benzene rings is 5. The van der Waals surface area contributed by atoms with E-state index in [1.54, 1.807) is 46.8 Å². The van der Waals surface area contributed by atoms with Gasteiger partial charge in [-0.15, -0.1) is 23.5 Å². The molecule has 0 fully saturated rings. The number of thioether (sulfide) groups is 2. The van der Waals surface area contributed by atoms with Gasteiger partial charge in [0, 0.05) is 35.5 Å². The highest BCUT2D eigenvalue weighted by Crippen LogP contribution is 2.63. The number of alkyl halides is 26. The number of carbonyl (C=O) groups is 2. The molecule has 0 bridgehead atoms. The second-order valence-corrected chi connectivity index (χ2v) is 25.6. The average Bonchev–Trinajstić information content (AvgIpc) is 0.718. The van der Waals surface area contributed by atoms with E-state index in [2.05, 4.69) is 0 Å². The van der Waals surface area contributed by atoms with Crippen LogP contribution in [0.25, 0.3) is 0 Å². The lowest BCUT2D eigenvalue weighted by Crippen LogP contribution is -2.70. The van der Waals surface area contributed by atoms with Crippen molar-refractivity contribution >= 4 is 35.5 Å². The molecular weight excluding hydrogens is 1410 g/mol. The Morgan fingerprint density at radius 3 is 1.10 bits per heavy atom. The van der Waals surface area contributed by atoms with Gasteiger partial charge in [0.15, 0.2) is 0 Å². The third kappa shape index (κ3) is 16.4. The van der Waals surface area contributed by atoms with Crippen molar-refractivity contribution in [2.45, 2.75) is 200 Å². The molecule has 32 heteroatoms. The molecule has 4 unspecified atom stereocenters. The number of hydrogen-bond acceptors (Lipinski definition) is 6. The summed E-state index contributed by atoms with van der Waals surface area (Å²) in [6.45, 7) is 10.5. The minimum atomic E-state index is -8.12. The fraction of sp³-hybridized carbons (Fsp3) is 0.515. The molecule has 4 atom stereocenters. The van der Waals surface area contributed by atoms with Gasteiger partial charge in [0.25, 0.3) is 0 Å². The molecule has 5 aromatic carbocycles. The number of esters is 2. The Bertz CT molecular complexity index is 3470. The van der Waals surface area contributed by atoms with Crippen LogP contribution in [0, 0.1) is 0 Å². The van der Waals surface area contributed by atoms with Gasteiger partial charge in [0.2, 0.25) is 0 Å². The zero-order valence-electron chi connectivity index (χ0n) is 52.5. The Labute approximate surface area is 554 Å². The summed E-state index contributed by atoms with van der Waals surface area (Å²) in [5.74, 6) is -83.0. The highest BCUT2D eigenvalue weighted by molar-refractivity contribution is 7.99. The van der Waals surface area contributed by atoms with Gasteiger partial charge < -0.3 is 9.47 Å². The van der Waals surface area contributed by atoms with Gasteiger partial charge in [-0.05, 0) is 108 Å². The quantitative estimate of drug-likeness (QED) is 0.0232. The topological polar surface area (TPSA) is 52.6 Å². The van der Waals surface area contributed by atoms with Crippen LogP contribution in [0.5, 0.6) is 11.5 Å². The van der Waals surface area contributed by atoms with Gasteiger partial charge in [-0.25, -0.2) is 9.59 Å². The molecule has 0 aliphatic carbocycles. The van der Waals surface area contributed by atoms with Gasteiger partial charge in [0.05, 0.1) is 21.6 Å². The third-order valence-electron chi connectivity index (χ3n) is 16.3. The predicted molar refractivity (Wildman–Crippen MR) is 316 cm³/mol. The van der Waals surface area contributed by atoms with Crippen LogP contribution in [0.3, 0.4) is 0 Å². The number of hydrogen-bond donors (Lipinski definition) is 0. The summed E-state index contributed by atoms with van der Waals surface area (Å²) < 4.78 is 380. The Morgan fingerprint density at radius 1 is 0.388 bits per heavy atom. The molecule has 0 saturated carbocycles. The first-order valence-corrected chi connectivity index (χ1v) is 32.2. The van der Waals surface area contributed by atoms with E-state index in [0.717, 1.165) is 24.3 Å². The lowest BCUT2D eigenvalue weighted by atomic mass is 9.87. The molecule has 0 radical (unpaired) electrons. The molecular formula is C66H64F26O4S2. The first-order chi connectivity index (χ1) is 45.0. The summed E-state index contributed by atoms with van der Waals surface area (Å²) in [5.41, 5.74) is 0.944. The maximum atomic E-state index is 15.3. The zero-order chi connectivity index (χ0) is 74.4. The van der Waals surface area contributed by atoms with Crippen molar-refractivity contribution in [3.05, 3.63) is 165 Å². The monoisotopic (exact) mass is 1480 g/mol. The standard InChI is InChI=1S/C66H64F26O4S2/c1-7-11-19-39-33-44(20-12-8-2)49(47(34-39)51(40-21-15-13-16-22-40)97-31-29-55(67,68)57(71,72)59(75,76)61(79,80)63(83,84)65(87,88)89)95-53(93)42-25-27-43(28-26-42)54(94)96-50-46(38(6)10-4)35-45(37(5)9-3)36-48(50)52(41-23-17-14-18-24-41)98-32-30-56(69,70)58(73,74)60(77,78)62(81,82)64(85,86)66(90,91)92/h13-18,21-28,33-38,51-52H,7-12,19-20,29-32H2,1-6H3. The molecule has 546 valence electrons. The van der Waals surface area contributed by atoms with Gasteiger partial charge in [-0.2, -0.15) is 114 Å². The van der Waals surface area contributed by atoms with E-state index in [0.29, 0.717) is 56.1 Å². The van der Waals surface area contributed by atoms with Crippen LogP contribution in [0.2, 0.25) is 0 Å². The molecule has 0 N–H and O–H groups in total. The lowest BCUT2D eigenvalue weighted by molar-refractivity contribution is -0.439. The number of halogens is 26. The van der Waals surface area contributed by atoms with E-state index in [1.165, 1.54) is 72.8 Å². The number of rotatable bonds is 34. The van der Waals surface area contributed by atoms with Gasteiger partial charge in [-0.1, -0.05) is 139 Å². The number of ether oxygens (including phenoxy) is 2. The molecule has 0 aliphatic heterocycles. The molecule has 0 aliphatic rings.